The van der Waals surface area contributed by atoms with E-state index in [1.165, 1.54) is 0 Å². The van der Waals surface area contributed by atoms with Crippen molar-refractivity contribution in [2.45, 2.75) is 20.0 Å². The molecule has 0 radical (unpaired) electrons. The average molecular weight is 310 g/mol. The van der Waals surface area contributed by atoms with E-state index in [4.69, 9.17) is 14.2 Å². The zero-order valence-electron chi connectivity index (χ0n) is 13.3. The number of ether oxygens (including phenoxy) is 3. The molecule has 1 heterocycles. The van der Waals surface area contributed by atoms with Gasteiger partial charge in [-0.25, -0.2) is 0 Å². The number of allylic oxidation sites excluding steroid dienone is 1. The van der Waals surface area contributed by atoms with Crippen molar-refractivity contribution in [3.05, 3.63) is 59.4 Å². The van der Waals surface area contributed by atoms with Gasteiger partial charge in [0.1, 0.15) is 17.2 Å². The second-order valence-electron chi connectivity index (χ2n) is 5.54. The van der Waals surface area contributed by atoms with Gasteiger partial charge in [0.25, 0.3) is 0 Å². The Labute approximate surface area is 135 Å². The number of hydrogen-bond acceptors (Lipinski definition) is 4. The molecule has 0 atom stereocenters. The van der Waals surface area contributed by atoms with Crippen LogP contribution in [0.3, 0.4) is 0 Å². The van der Waals surface area contributed by atoms with Crippen molar-refractivity contribution < 1.29 is 19.0 Å². The molecule has 0 aromatic heterocycles. The summed E-state index contributed by atoms with van der Waals surface area (Å²) in [6.45, 7) is 3.90. The van der Waals surface area contributed by atoms with Crippen molar-refractivity contribution >= 4 is 11.9 Å². The number of rotatable bonds is 4. The van der Waals surface area contributed by atoms with Gasteiger partial charge >= 0.3 is 0 Å². The third-order valence-electron chi connectivity index (χ3n) is 3.40. The third kappa shape index (κ3) is 3.21. The van der Waals surface area contributed by atoms with Crippen LogP contribution in [0.2, 0.25) is 0 Å². The Bertz CT molecular complexity index is 775. The van der Waals surface area contributed by atoms with Crippen LogP contribution in [-0.2, 0) is 0 Å². The summed E-state index contributed by atoms with van der Waals surface area (Å²) >= 11 is 0. The van der Waals surface area contributed by atoms with Crippen LogP contribution in [0.15, 0.2) is 48.2 Å². The normalized spacial score (nSPS) is 14.8. The van der Waals surface area contributed by atoms with Crippen molar-refractivity contribution in [2.75, 3.05) is 7.11 Å². The van der Waals surface area contributed by atoms with Gasteiger partial charge < -0.3 is 14.2 Å². The summed E-state index contributed by atoms with van der Waals surface area (Å²) in [6.07, 6.45) is 1.78. The Morgan fingerprint density at radius 3 is 2.65 bits per heavy atom. The SMILES string of the molecule is COc1cccc(/C=C2\Oc3cc(OC(C)C)ccc3C2=O)c1. The van der Waals surface area contributed by atoms with Gasteiger partial charge in [-0.3, -0.25) is 4.79 Å². The third-order valence-corrected chi connectivity index (χ3v) is 3.40. The van der Waals surface area contributed by atoms with E-state index in [0.29, 0.717) is 22.8 Å². The van der Waals surface area contributed by atoms with Crippen LogP contribution in [0, 0.1) is 0 Å². The molecule has 4 heteroatoms. The monoisotopic (exact) mass is 310 g/mol. The van der Waals surface area contributed by atoms with Gasteiger partial charge in [0.05, 0.1) is 18.8 Å². The number of methoxy groups -OCH3 is 1. The van der Waals surface area contributed by atoms with E-state index in [9.17, 15) is 4.79 Å². The number of benzene rings is 2. The van der Waals surface area contributed by atoms with E-state index in [2.05, 4.69) is 0 Å². The van der Waals surface area contributed by atoms with Gasteiger partial charge in [0.2, 0.25) is 5.78 Å². The van der Waals surface area contributed by atoms with E-state index in [-0.39, 0.29) is 11.9 Å². The largest absolute Gasteiger partial charge is 0.497 e. The van der Waals surface area contributed by atoms with E-state index in [1.54, 1.807) is 31.4 Å². The maximum absolute atomic E-state index is 12.4. The molecule has 0 aliphatic carbocycles. The maximum Gasteiger partial charge on any atom is 0.231 e. The fraction of sp³-hybridized carbons (Fsp3) is 0.211. The van der Waals surface area contributed by atoms with Gasteiger partial charge in [0.15, 0.2) is 5.76 Å². The molecule has 0 bridgehead atoms. The molecule has 0 unspecified atom stereocenters. The molecular weight excluding hydrogens is 292 g/mol. The standard InChI is InChI=1S/C19H18O4/c1-12(2)22-15-7-8-16-17(11-15)23-18(19(16)20)10-13-5-4-6-14(9-13)21-3/h4-12H,1-3H3/b18-10-. The number of Topliss-reactive ketones (excluding diaryl/α,β-unsaturated/α-hetero) is 1. The van der Waals surface area contributed by atoms with E-state index in [0.717, 1.165) is 11.3 Å². The highest BCUT2D eigenvalue weighted by atomic mass is 16.5. The van der Waals surface area contributed by atoms with Crippen molar-refractivity contribution in [3.63, 3.8) is 0 Å². The molecule has 1 aliphatic rings. The summed E-state index contributed by atoms with van der Waals surface area (Å²) < 4.78 is 16.5. The molecule has 0 amide bonds. The molecule has 4 nitrogen and oxygen atoms in total. The molecule has 118 valence electrons. The highest BCUT2D eigenvalue weighted by Crippen LogP contribution is 2.35. The predicted octanol–water partition coefficient (Wildman–Crippen LogP) is 4.10. The second kappa shape index (κ2) is 6.16. The zero-order valence-corrected chi connectivity index (χ0v) is 13.3. The van der Waals surface area contributed by atoms with Crippen molar-refractivity contribution in [1.29, 1.82) is 0 Å². The molecule has 0 fully saturated rings. The van der Waals surface area contributed by atoms with Gasteiger partial charge in [-0.1, -0.05) is 12.1 Å². The lowest BCUT2D eigenvalue weighted by Gasteiger charge is -2.09. The first-order valence-electron chi connectivity index (χ1n) is 7.46. The summed E-state index contributed by atoms with van der Waals surface area (Å²) in [4.78, 5) is 12.4. The number of hydrogen-bond donors (Lipinski definition) is 0. The van der Waals surface area contributed by atoms with E-state index in [1.807, 2.05) is 38.1 Å². The number of fused-ring (bicyclic) bond motifs is 1. The van der Waals surface area contributed by atoms with Gasteiger partial charge in [-0.15, -0.1) is 0 Å². The zero-order chi connectivity index (χ0) is 16.4. The van der Waals surface area contributed by atoms with Crippen molar-refractivity contribution in [3.8, 4) is 17.2 Å². The van der Waals surface area contributed by atoms with E-state index < -0.39 is 0 Å². The first-order valence-corrected chi connectivity index (χ1v) is 7.46. The summed E-state index contributed by atoms with van der Waals surface area (Å²) in [5.74, 6) is 2.13. The Hall–Kier alpha value is -2.75. The van der Waals surface area contributed by atoms with Crippen LogP contribution >= 0.6 is 0 Å². The molecule has 0 spiro atoms. The van der Waals surface area contributed by atoms with Crippen molar-refractivity contribution in [1.82, 2.24) is 0 Å². The molecule has 2 aromatic carbocycles. The predicted molar refractivity (Wildman–Crippen MR) is 88.1 cm³/mol. The second-order valence-corrected chi connectivity index (χ2v) is 5.54. The van der Waals surface area contributed by atoms with Gasteiger partial charge in [-0.05, 0) is 49.8 Å². The van der Waals surface area contributed by atoms with Crippen molar-refractivity contribution in [2.24, 2.45) is 0 Å². The molecule has 3 rings (SSSR count). The highest BCUT2D eigenvalue weighted by molar-refractivity contribution is 6.14. The lowest BCUT2D eigenvalue weighted by Crippen LogP contribution is -2.05. The van der Waals surface area contributed by atoms with E-state index >= 15 is 0 Å². The molecule has 23 heavy (non-hydrogen) atoms. The minimum absolute atomic E-state index is 0.0666. The summed E-state index contributed by atoms with van der Waals surface area (Å²) in [5.41, 5.74) is 1.40. The topological polar surface area (TPSA) is 44.8 Å². The Balaban J connectivity index is 1.89. The minimum Gasteiger partial charge on any atom is -0.497 e. The molecular formula is C19H18O4. The maximum atomic E-state index is 12.4. The van der Waals surface area contributed by atoms with Crippen LogP contribution in [0.4, 0.5) is 0 Å². The quantitative estimate of drug-likeness (QED) is 0.798. The smallest absolute Gasteiger partial charge is 0.231 e. The van der Waals surface area contributed by atoms with Crippen LogP contribution in [-0.4, -0.2) is 19.0 Å². The molecule has 2 aromatic rings. The fourth-order valence-corrected chi connectivity index (χ4v) is 2.40. The van der Waals surface area contributed by atoms with Gasteiger partial charge in [0, 0.05) is 6.07 Å². The van der Waals surface area contributed by atoms with Gasteiger partial charge in [-0.2, -0.15) is 0 Å². The van der Waals surface area contributed by atoms with Crippen LogP contribution < -0.4 is 14.2 Å². The lowest BCUT2D eigenvalue weighted by molar-refractivity contribution is 0.101. The first-order chi connectivity index (χ1) is 11.1. The number of ketones is 1. The first kappa shape index (κ1) is 15.2. The Morgan fingerprint density at radius 1 is 1.09 bits per heavy atom. The summed E-state index contributed by atoms with van der Waals surface area (Å²) in [5, 5.41) is 0. The Kier molecular flexibility index (Phi) is 4.06. The molecule has 0 saturated heterocycles. The summed E-state index contributed by atoms with van der Waals surface area (Å²) in [6, 6.07) is 12.7. The number of carbonyl (C=O) groups excluding carboxylic acids is 1. The molecule has 1 aliphatic heterocycles. The highest BCUT2D eigenvalue weighted by Gasteiger charge is 2.27. The lowest BCUT2D eigenvalue weighted by atomic mass is 10.1. The van der Waals surface area contributed by atoms with Crippen LogP contribution in [0.5, 0.6) is 17.2 Å². The summed E-state index contributed by atoms with van der Waals surface area (Å²) in [7, 11) is 1.61. The minimum atomic E-state index is -0.126. The molecule has 0 saturated carbocycles. The fourth-order valence-electron chi connectivity index (χ4n) is 2.40. The molecule has 0 N–H and O–H groups in total. The Morgan fingerprint density at radius 2 is 1.91 bits per heavy atom. The number of carbonyl (C=O) groups is 1. The van der Waals surface area contributed by atoms with Crippen LogP contribution in [0.25, 0.3) is 6.08 Å². The average Bonchev–Trinajstić information content (AvgIpc) is 2.82. The van der Waals surface area contributed by atoms with Crippen LogP contribution in [0.1, 0.15) is 29.8 Å².